The van der Waals surface area contributed by atoms with Gasteiger partial charge in [0, 0.05) is 53.6 Å². The van der Waals surface area contributed by atoms with Gasteiger partial charge in [-0.15, -0.1) is 11.3 Å². The number of carbonyl (C=O) groups excluding carboxylic acids is 2. The molecule has 0 aliphatic carbocycles. The Morgan fingerprint density at radius 3 is 2.79 bits per heavy atom. The molecule has 1 fully saturated rings. The number of nitrogens with zero attached hydrogens (tertiary/aromatic N) is 3. The maximum atomic E-state index is 12.7. The highest BCUT2D eigenvalue weighted by molar-refractivity contribution is 7.13. The van der Waals surface area contributed by atoms with E-state index in [4.69, 9.17) is 4.98 Å². The molecule has 6 nitrogen and oxygen atoms in total. The lowest BCUT2D eigenvalue weighted by atomic mass is 10.1. The summed E-state index contributed by atoms with van der Waals surface area (Å²) in [4.78, 5) is 35.3. The number of amides is 2. The molecule has 1 N–H and O–H groups in total. The van der Waals surface area contributed by atoms with Gasteiger partial charge in [0.1, 0.15) is 5.01 Å². The molecule has 29 heavy (non-hydrogen) atoms. The molecular weight excluding hydrogens is 384 g/mol. The van der Waals surface area contributed by atoms with E-state index in [1.54, 1.807) is 28.6 Å². The monoisotopic (exact) mass is 406 g/mol. The molecule has 1 aromatic carbocycles. The highest BCUT2D eigenvalue weighted by Gasteiger charge is 2.35. The summed E-state index contributed by atoms with van der Waals surface area (Å²) in [5, 5.41) is 5.86. The summed E-state index contributed by atoms with van der Waals surface area (Å²) >= 11 is 1.56. The number of benzene rings is 1. The topological polar surface area (TPSA) is 75.2 Å². The van der Waals surface area contributed by atoms with Crippen molar-refractivity contribution in [1.82, 2.24) is 14.9 Å². The first-order valence-corrected chi connectivity index (χ1v) is 10.5. The van der Waals surface area contributed by atoms with Gasteiger partial charge in [-0.1, -0.05) is 12.1 Å². The molecule has 148 valence electrons. The highest BCUT2D eigenvalue weighted by Crippen LogP contribution is 2.30. The van der Waals surface area contributed by atoms with E-state index in [1.807, 2.05) is 55.6 Å². The third-order valence-corrected chi connectivity index (χ3v) is 5.88. The molecule has 1 unspecified atom stereocenters. The van der Waals surface area contributed by atoms with Crippen molar-refractivity contribution in [1.29, 1.82) is 0 Å². The van der Waals surface area contributed by atoms with Crippen molar-refractivity contribution in [3.8, 4) is 21.8 Å². The average molecular weight is 407 g/mol. The zero-order valence-electron chi connectivity index (χ0n) is 16.3. The van der Waals surface area contributed by atoms with Gasteiger partial charge in [0.25, 0.3) is 0 Å². The number of hydrogen-bond acceptors (Lipinski definition) is 5. The predicted octanol–water partition coefficient (Wildman–Crippen LogP) is 4.07. The van der Waals surface area contributed by atoms with Crippen LogP contribution in [0.1, 0.15) is 20.3 Å². The Morgan fingerprint density at radius 2 is 2.07 bits per heavy atom. The van der Waals surface area contributed by atoms with E-state index in [1.165, 1.54) is 0 Å². The first-order chi connectivity index (χ1) is 14.0. The minimum absolute atomic E-state index is 0.0410. The highest BCUT2D eigenvalue weighted by atomic mass is 32.1. The largest absolute Gasteiger partial charge is 0.339 e. The van der Waals surface area contributed by atoms with E-state index in [0.717, 1.165) is 21.8 Å². The van der Waals surface area contributed by atoms with Crippen LogP contribution < -0.4 is 5.32 Å². The molecule has 1 aliphatic rings. The second-order valence-corrected chi connectivity index (χ2v) is 8.25. The van der Waals surface area contributed by atoms with Gasteiger partial charge in [-0.3, -0.25) is 14.6 Å². The summed E-state index contributed by atoms with van der Waals surface area (Å²) in [5.41, 5.74) is 3.47. The van der Waals surface area contributed by atoms with Crippen LogP contribution in [0, 0.1) is 5.92 Å². The SMILES string of the molecule is CC(C)N1CC(C(=O)Nc2cccc(-c3csc(-c4cccnc4)n3)c2)CC1=O. The number of rotatable bonds is 5. The molecule has 1 aliphatic heterocycles. The van der Waals surface area contributed by atoms with Gasteiger partial charge >= 0.3 is 0 Å². The average Bonchev–Trinajstić information content (AvgIpc) is 3.36. The lowest BCUT2D eigenvalue weighted by molar-refractivity contribution is -0.129. The van der Waals surface area contributed by atoms with E-state index in [0.29, 0.717) is 12.2 Å². The molecule has 3 aromatic rings. The Balaban J connectivity index is 1.48. The Bertz CT molecular complexity index is 1030. The van der Waals surface area contributed by atoms with Crippen LogP contribution in [0.2, 0.25) is 0 Å². The summed E-state index contributed by atoms with van der Waals surface area (Å²) in [5.74, 6) is -0.391. The van der Waals surface area contributed by atoms with E-state index >= 15 is 0 Å². The van der Waals surface area contributed by atoms with Crippen LogP contribution >= 0.6 is 11.3 Å². The van der Waals surface area contributed by atoms with Crippen LogP contribution in [0.25, 0.3) is 21.8 Å². The summed E-state index contributed by atoms with van der Waals surface area (Å²) < 4.78 is 0. The Labute approximate surface area is 173 Å². The molecule has 3 heterocycles. The Hall–Kier alpha value is -3.06. The number of aromatic nitrogens is 2. The summed E-state index contributed by atoms with van der Waals surface area (Å²) in [7, 11) is 0. The lowest BCUT2D eigenvalue weighted by Gasteiger charge is -2.20. The fourth-order valence-electron chi connectivity index (χ4n) is 3.44. The number of thiazole rings is 1. The molecule has 1 atom stereocenters. The van der Waals surface area contributed by atoms with Crippen LogP contribution in [-0.2, 0) is 9.59 Å². The smallest absolute Gasteiger partial charge is 0.229 e. The van der Waals surface area contributed by atoms with Crippen LogP contribution in [-0.4, -0.2) is 39.3 Å². The zero-order valence-corrected chi connectivity index (χ0v) is 17.1. The quantitative estimate of drug-likeness (QED) is 0.693. The summed E-state index contributed by atoms with van der Waals surface area (Å²) in [6, 6.07) is 11.6. The van der Waals surface area contributed by atoms with Crippen LogP contribution in [0.15, 0.2) is 54.2 Å². The van der Waals surface area contributed by atoms with E-state index < -0.39 is 0 Å². The fraction of sp³-hybridized carbons (Fsp3) is 0.273. The van der Waals surface area contributed by atoms with Gasteiger partial charge in [0.15, 0.2) is 0 Å². The molecular formula is C22H22N4O2S. The van der Waals surface area contributed by atoms with Gasteiger partial charge in [-0.2, -0.15) is 0 Å². The van der Waals surface area contributed by atoms with Crippen molar-refractivity contribution in [2.24, 2.45) is 5.92 Å². The second-order valence-electron chi connectivity index (χ2n) is 7.39. The van der Waals surface area contributed by atoms with Crippen molar-refractivity contribution in [2.75, 3.05) is 11.9 Å². The minimum Gasteiger partial charge on any atom is -0.339 e. The van der Waals surface area contributed by atoms with Crippen molar-refractivity contribution < 1.29 is 9.59 Å². The number of hydrogen-bond donors (Lipinski definition) is 1. The molecule has 1 saturated heterocycles. The molecule has 7 heteroatoms. The van der Waals surface area contributed by atoms with Crippen molar-refractivity contribution in [3.05, 3.63) is 54.2 Å². The van der Waals surface area contributed by atoms with Crippen LogP contribution in [0.5, 0.6) is 0 Å². The third kappa shape index (κ3) is 4.19. The summed E-state index contributed by atoms with van der Waals surface area (Å²) in [6.45, 7) is 4.41. The van der Waals surface area contributed by atoms with E-state index in [9.17, 15) is 9.59 Å². The molecule has 0 saturated carbocycles. The van der Waals surface area contributed by atoms with Crippen molar-refractivity contribution in [2.45, 2.75) is 26.3 Å². The van der Waals surface area contributed by atoms with Gasteiger partial charge < -0.3 is 10.2 Å². The Morgan fingerprint density at radius 1 is 1.24 bits per heavy atom. The van der Waals surface area contributed by atoms with E-state index in [2.05, 4.69) is 10.3 Å². The Kier molecular flexibility index (Phi) is 5.40. The van der Waals surface area contributed by atoms with Crippen molar-refractivity contribution >= 4 is 28.8 Å². The number of anilines is 1. The number of pyridine rings is 1. The lowest BCUT2D eigenvalue weighted by Crippen LogP contribution is -2.33. The first kappa shape index (κ1) is 19.3. The van der Waals surface area contributed by atoms with Gasteiger partial charge in [0.05, 0.1) is 11.6 Å². The van der Waals surface area contributed by atoms with Crippen LogP contribution in [0.3, 0.4) is 0 Å². The maximum Gasteiger partial charge on any atom is 0.229 e. The summed E-state index contributed by atoms with van der Waals surface area (Å²) in [6.07, 6.45) is 3.80. The first-order valence-electron chi connectivity index (χ1n) is 9.58. The molecule has 0 spiro atoms. The van der Waals surface area contributed by atoms with Gasteiger partial charge in [-0.25, -0.2) is 4.98 Å². The van der Waals surface area contributed by atoms with Gasteiger partial charge in [0.2, 0.25) is 11.8 Å². The standard InChI is InChI=1S/C22H22N4O2S/c1-14(2)26-12-17(10-20(26)27)21(28)24-18-7-3-5-15(9-18)19-13-29-22(25-19)16-6-4-8-23-11-16/h3-9,11,13-14,17H,10,12H2,1-2H3,(H,24,28). The second kappa shape index (κ2) is 8.13. The molecule has 4 rings (SSSR count). The zero-order chi connectivity index (χ0) is 20.4. The normalized spacial score (nSPS) is 16.4. The molecule has 2 amide bonds. The predicted molar refractivity (Wildman–Crippen MR) is 114 cm³/mol. The molecule has 0 radical (unpaired) electrons. The minimum atomic E-state index is -0.315. The van der Waals surface area contributed by atoms with Crippen molar-refractivity contribution in [3.63, 3.8) is 0 Å². The molecule has 0 bridgehead atoms. The van der Waals surface area contributed by atoms with Crippen LogP contribution in [0.4, 0.5) is 5.69 Å². The number of likely N-dealkylation sites (tertiary alicyclic amines) is 1. The molecule has 2 aromatic heterocycles. The third-order valence-electron chi connectivity index (χ3n) is 4.99. The van der Waals surface area contributed by atoms with Gasteiger partial charge in [-0.05, 0) is 38.1 Å². The maximum absolute atomic E-state index is 12.7. The number of nitrogens with one attached hydrogen (secondary N) is 1. The number of carbonyl (C=O) groups is 2. The van der Waals surface area contributed by atoms with E-state index in [-0.39, 0.29) is 30.2 Å². The fourth-order valence-corrected chi connectivity index (χ4v) is 4.25.